The number of aliphatic hydroxyl groups excluding tert-OH is 1. The van der Waals surface area contributed by atoms with Gasteiger partial charge in [0.2, 0.25) is 0 Å². The fraction of sp³-hybridized carbons (Fsp3) is 0.611. The van der Waals surface area contributed by atoms with Crippen LogP contribution in [0.4, 0.5) is 0 Å². The van der Waals surface area contributed by atoms with E-state index in [0.717, 1.165) is 43.4 Å². The highest BCUT2D eigenvalue weighted by molar-refractivity contribution is 8.00. The first-order valence-electron chi connectivity index (χ1n) is 8.67. The molecule has 24 heavy (non-hydrogen) atoms. The maximum absolute atomic E-state index is 12.2. The minimum Gasteiger partial charge on any atom is -0.382 e. The molecule has 1 aliphatic heterocycles. The molecule has 1 aromatic carbocycles. The predicted molar refractivity (Wildman–Crippen MR) is 94.4 cm³/mol. The Bertz CT molecular complexity index is 479. The van der Waals surface area contributed by atoms with Gasteiger partial charge in [0.15, 0.2) is 6.29 Å². The zero-order chi connectivity index (χ0) is 17.2. The van der Waals surface area contributed by atoms with Crippen LogP contribution >= 0.6 is 11.8 Å². The number of ether oxygens (including phenoxy) is 1. The smallest absolute Gasteiger partial charge is 0.273 e. The van der Waals surface area contributed by atoms with E-state index < -0.39 is 18.3 Å². The van der Waals surface area contributed by atoms with Crippen LogP contribution < -0.4 is 5.48 Å². The van der Waals surface area contributed by atoms with Crippen LogP contribution in [-0.4, -0.2) is 35.3 Å². The fourth-order valence-electron chi connectivity index (χ4n) is 2.52. The molecule has 134 valence electrons. The number of hydroxylamine groups is 1. The third-order valence-electron chi connectivity index (χ3n) is 3.92. The molecule has 0 aliphatic carbocycles. The maximum Gasteiger partial charge on any atom is 0.273 e. The number of rotatable bonds is 9. The van der Waals surface area contributed by atoms with E-state index in [1.807, 2.05) is 30.3 Å². The SMILES string of the molecule is CCCC[C@H](Sc1ccccc1)[C@H](O)C(=O)NOC1CCCCO1. The topological polar surface area (TPSA) is 67.8 Å². The summed E-state index contributed by atoms with van der Waals surface area (Å²) < 4.78 is 5.41. The third-order valence-corrected chi connectivity index (χ3v) is 5.26. The van der Waals surface area contributed by atoms with Crippen LogP contribution in [0.15, 0.2) is 35.2 Å². The summed E-state index contributed by atoms with van der Waals surface area (Å²) in [5.74, 6) is -0.506. The molecular formula is C18H27NO4S. The van der Waals surface area contributed by atoms with Gasteiger partial charge in [-0.2, -0.15) is 0 Å². The number of hydrogen-bond acceptors (Lipinski definition) is 5. The zero-order valence-electron chi connectivity index (χ0n) is 14.1. The lowest BCUT2D eigenvalue weighted by atomic mass is 10.1. The van der Waals surface area contributed by atoms with E-state index in [4.69, 9.17) is 9.57 Å². The van der Waals surface area contributed by atoms with Gasteiger partial charge in [0.05, 0.1) is 0 Å². The molecule has 0 spiro atoms. The average molecular weight is 353 g/mol. The number of carbonyl (C=O) groups is 1. The largest absolute Gasteiger partial charge is 0.382 e. The number of hydrogen-bond donors (Lipinski definition) is 2. The van der Waals surface area contributed by atoms with Crippen molar-refractivity contribution in [2.24, 2.45) is 0 Å². The Labute approximate surface area is 148 Å². The number of aliphatic hydroxyl groups is 1. The van der Waals surface area contributed by atoms with Crippen LogP contribution in [-0.2, 0) is 14.4 Å². The van der Waals surface area contributed by atoms with Crippen LogP contribution in [0.1, 0.15) is 45.4 Å². The van der Waals surface area contributed by atoms with Gasteiger partial charge in [-0.15, -0.1) is 11.8 Å². The molecule has 1 amide bonds. The molecular weight excluding hydrogens is 326 g/mol. The lowest BCUT2D eigenvalue weighted by Crippen LogP contribution is -2.43. The van der Waals surface area contributed by atoms with Gasteiger partial charge in [-0.1, -0.05) is 38.0 Å². The first kappa shape index (κ1) is 19.2. The van der Waals surface area contributed by atoms with Crippen molar-refractivity contribution in [2.45, 2.75) is 68.0 Å². The molecule has 5 nitrogen and oxygen atoms in total. The highest BCUT2D eigenvalue weighted by Crippen LogP contribution is 2.29. The normalized spacial score (nSPS) is 20.3. The highest BCUT2D eigenvalue weighted by atomic mass is 32.2. The van der Waals surface area contributed by atoms with Crippen molar-refractivity contribution in [3.8, 4) is 0 Å². The van der Waals surface area contributed by atoms with Crippen molar-refractivity contribution < 1.29 is 19.5 Å². The van der Waals surface area contributed by atoms with Crippen LogP contribution in [0, 0.1) is 0 Å². The molecule has 0 aromatic heterocycles. The first-order valence-corrected chi connectivity index (χ1v) is 9.55. The fourth-order valence-corrected chi connectivity index (χ4v) is 3.72. The third kappa shape index (κ3) is 6.43. The Balaban J connectivity index is 1.87. The zero-order valence-corrected chi connectivity index (χ0v) is 15.0. The number of amides is 1. The first-order chi connectivity index (χ1) is 11.7. The molecule has 1 aliphatic rings. The number of nitrogens with one attached hydrogen (secondary N) is 1. The van der Waals surface area contributed by atoms with Crippen LogP contribution in [0.5, 0.6) is 0 Å². The van der Waals surface area contributed by atoms with E-state index in [1.54, 1.807) is 0 Å². The van der Waals surface area contributed by atoms with Crippen LogP contribution in [0.3, 0.4) is 0 Å². The van der Waals surface area contributed by atoms with Crippen molar-refractivity contribution >= 4 is 17.7 Å². The molecule has 6 heteroatoms. The summed E-state index contributed by atoms with van der Waals surface area (Å²) in [6, 6.07) is 9.83. The van der Waals surface area contributed by atoms with E-state index in [9.17, 15) is 9.90 Å². The summed E-state index contributed by atoms with van der Waals surface area (Å²) in [6.45, 7) is 2.74. The van der Waals surface area contributed by atoms with Gasteiger partial charge in [-0.25, -0.2) is 10.3 Å². The Morgan fingerprint density at radius 3 is 2.88 bits per heavy atom. The summed E-state index contributed by atoms with van der Waals surface area (Å²) in [5, 5.41) is 10.2. The van der Waals surface area contributed by atoms with Crippen LogP contribution in [0.25, 0.3) is 0 Å². The van der Waals surface area contributed by atoms with E-state index in [2.05, 4.69) is 12.4 Å². The van der Waals surface area contributed by atoms with Crippen molar-refractivity contribution in [3.63, 3.8) is 0 Å². The van der Waals surface area contributed by atoms with E-state index >= 15 is 0 Å². The Morgan fingerprint density at radius 2 is 2.21 bits per heavy atom. The molecule has 0 bridgehead atoms. The monoisotopic (exact) mass is 353 g/mol. The lowest BCUT2D eigenvalue weighted by molar-refractivity contribution is -0.203. The Hall–Kier alpha value is -1.08. The van der Waals surface area contributed by atoms with Gasteiger partial charge in [0.1, 0.15) is 6.10 Å². The number of carbonyl (C=O) groups excluding carboxylic acids is 1. The van der Waals surface area contributed by atoms with Crippen molar-refractivity contribution in [1.82, 2.24) is 5.48 Å². The van der Waals surface area contributed by atoms with Gasteiger partial charge in [-0.3, -0.25) is 4.79 Å². The number of unbranched alkanes of at least 4 members (excludes halogenated alkanes) is 1. The van der Waals surface area contributed by atoms with Crippen molar-refractivity contribution in [2.75, 3.05) is 6.61 Å². The van der Waals surface area contributed by atoms with Gasteiger partial charge < -0.3 is 9.84 Å². The summed E-state index contributed by atoms with van der Waals surface area (Å²) in [7, 11) is 0. The Morgan fingerprint density at radius 1 is 1.42 bits per heavy atom. The standard InChI is InChI=1S/C18H27NO4S/c1-2-3-11-15(24-14-9-5-4-6-10-14)17(20)18(21)19-23-16-12-7-8-13-22-16/h4-6,9-10,15-17,20H,2-3,7-8,11-13H2,1H3,(H,19,21)/t15-,16?,17-/m0/s1. The maximum atomic E-state index is 12.2. The van der Waals surface area contributed by atoms with E-state index in [0.29, 0.717) is 6.61 Å². The molecule has 1 unspecified atom stereocenters. The summed E-state index contributed by atoms with van der Waals surface area (Å²) in [6.07, 6.45) is 4.01. The average Bonchev–Trinajstić information content (AvgIpc) is 2.64. The number of thioether (sulfide) groups is 1. The molecule has 0 radical (unpaired) electrons. The summed E-state index contributed by atoms with van der Waals surface area (Å²) in [5.41, 5.74) is 2.37. The predicted octanol–water partition coefficient (Wildman–Crippen LogP) is 3.27. The van der Waals surface area contributed by atoms with Gasteiger partial charge in [0.25, 0.3) is 5.91 Å². The number of benzene rings is 1. The molecule has 0 saturated carbocycles. The molecule has 1 heterocycles. The van der Waals surface area contributed by atoms with Crippen molar-refractivity contribution in [1.29, 1.82) is 0 Å². The molecule has 3 atom stereocenters. The molecule has 1 aromatic rings. The molecule has 2 rings (SSSR count). The molecule has 2 N–H and O–H groups in total. The molecule has 1 fully saturated rings. The van der Waals surface area contributed by atoms with Gasteiger partial charge >= 0.3 is 0 Å². The second kappa shape index (κ2) is 10.7. The van der Waals surface area contributed by atoms with Crippen LogP contribution in [0.2, 0.25) is 0 Å². The second-order valence-corrected chi connectivity index (χ2v) is 7.25. The Kier molecular flexibility index (Phi) is 8.59. The second-order valence-electron chi connectivity index (χ2n) is 5.94. The molecule has 1 saturated heterocycles. The lowest BCUT2D eigenvalue weighted by Gasteiger charge is -2.25. The van der Waals surface area contributed by atoms with E-state index in [-0.39, 0.29) is 5.25 Å². The van der Waals surface area contributed by atoms with Crippen molar-refractivity contribution in [3.05, 3.63) is 30.3 Å². The summed E-state index contributed by atoms with van der Waals surface area (Å²) in [4.78, 5) is 18.5. The van der Waals surface area contributed by atoms with Gasteiger partial charge in [-0.05, 0) is 31.4 Å². The van der Waals surface area contributed by atoms with Gasteiger partial charge in [0, 0.05) is 23.2 Å². The minimum absolute atomic E-state index is 0.205. The minimum atomic E-state index is -1.12. The highest BCUT2D eigenvalue weighted by Gasteiger charge is 2.28. The quantitative estimate of drug-likeness (QED) is 0.527. The van der Waals surface area contributed by atoms with E-state index in [1.165, 1.54) is 11.8 Å². The summed E-state index contributed by atoms with van der Waals surface area (Å²) >= 11 is 1.53.